The number of carbonyl (C=O) groups excluding carboxylic acids is 2. The Bertz CT molecular complexity index is 2150. The number of nitrogens with two attached hydrogens (primary N) is 1. The zero-order chi connectivity index (χ0) is 41.0. The Hall–Kier alpha value is -4.05. The van der Waals surface area contributed by atoms with Gasteiger partial charge in [-0.1, -0.05) is 78.1 Å². The molecule has 4 N–H and O–H groups in total. The van der Waals surface area contributed by atoms with Gasteiger partial charge in [0, 0.05) is 57.3 Å². The Morgan fingerprint density at radius 1 is 0.685 bits per heavy atom. The van der Waals surface area contributed by atoms with Gasteiger partial charge in [0.1, 0.15) is 0 Å². The summed E-state index contributed by atoms with van der Waals surface area (Å²) in [7, 11) is 7.36. The lowest BCUT2D eigenvalue weighted by molar-refractivity contribution is 0.0696. The number of carboxylic acids is 1. The minimum Gasteiger partial charge on any atom is -0.478 e. The third kappa shape index (κ3) is 18.8. The number of halogens is 6. The molecule has 9 nitrogen and oxygen atoms in total. The number of aromatic carboxylic acids is 1. The van der Waals surface area contributed by atoms with E-state index in [1.807, 2.05) is 45.0 Å². The molecular formula is C38H30Br3Cl3N4O5S. The molecule has 0 bridgehead atoms. The van der Waals surface area contributed by atoms with Crippen molar-refractivity contribution < 1.29 is 23.7 Å². The van der Waals surface area contributed by atoms with Crippen LogP contribution in [0.5, 0.6) is 0 Å². The van der Waals surface area contributed by atoms with E-state index in [4.69, 9.17) is 37.2 Å². The summed E-state index contributed by atoms with van der Waals surface area (Å²) in [5.41, 5.74) is 12.3. The quantitative estimate of drug-likeness (QED) is 0.118. The van der Waals surface area contributed by atoms with E-state index < -0.39 is 20.4 Å². The molecule has 54 heavy (non-hydrogen) atoms. The van der Waals surface area contributed by atoms with Crippen LogP contribution in [0, 0.1) is 43.4 Å². The number of nitrogen functional groups attached to an aromatic ring is 1. The lowest BCUT2D eigenvalue weighted by Crippen LogP contribution is -2.12. The van der Waals surface area contributed by atoms with Crippen molar-refractivity contribution in [1.29, 1.82) is 10.5 Å². The Morgan fingerprint density at radius 2 is 1.09 bits per heavy atom. The van der Waals surface area contributed by atoms with Gasteiger partial charge in [-0.15, -0.1) is 0 Å². The molecule has 16 heteroatoms. The van der Waals surface area contributed by atoms with E-state index in [-0.39, 0.29) is 5.91 Å². The fourth-order valence-corrected chi connectivity index (χ4v) is 4.91. The van der Waals surface area contributed by atoms with Crippen molar-refractivity contribution >= 4 is 118 Å². The Balaban J connectivity index is 0.000000363. The molecule has 5 aromatic carbocycles. The SMILES string of the molecule is Cc1ccc(C(=O)Cl)cc1Br.Cc1ccc(C(=O)Nc2cccc(C#N)c2)cc1Br.Cc1ccc(C(=O)O)cc1Br.N#Cc1cccc(N)c1.O=S(Cl)Cl. The molecule has 5 rings (SSSR count). The minimum atomic E-state index is -1.67. The average Bonchev–Trinajstić information content (AvgIpc) is 3.12. The van der Waals surface area contributed by atoms with Crippen molar-refractivity contribution in [2.45, 2.75) is 20.8 Å². The number of carbonyl (C=O) groups is 3. The second-order valence-corrected chi connectivity index (χ2v) is 16.0. The number of amides is 1. The fraction of sp³-hybridized carbons (Fsp3) is 0.0789. The summed E-state index contributed by atoms with van der Waals surface area (Å²) in [4.78, 5) is 33.2. The molecule has 0 atom stereocenters. The van der Waals surface area contributed by atoms with E-state index in [2.05, 4.69) is 74.5 Å². The van der Waals surface area contributed by atoms with Crippen LogP contribution < -0.4 is 11.1 Å². The van der Waals surface area contributed by atoms with Gasteiger partial charge in [0.15, 0.2) is 0 Å². The Labute approximate surface area is 354 Å². The number of hydrogen-bond donors (Lipinski definition) is 3. The van der Waals surface area contributed by atoms with E-state index in [9.17, 15) is 14.4 Å². The van der Waals surface area contributed by atoms with Gasteiger partial charge in [0.05, 0.1) is 28.8 Å². The van der Waals surface area contributed by atoms with Crippen LogP contribution in [-0.2, 0) is 9.23 Å². The zero-order valence-electron chi connectivity index (χ0n) is 28.5. The maximum atomic E-state index is 12.1. The van der Waals surface area contributed by atoms with Crippen LogP contribution in [0.1, 0.15) is 58.9 Å². The van der Waals surface area contributed by atoms with E-state index in [0.717, 1.165) is 30.1 Å². The summed E-state index contributed by atoms with van der Waals surface area (Å²) in [6, 6.07) is 33.4. The van der Waals surface area contributed by atoms with Gasteiger partial charge < -0.3 is 16.2 Å². The number of carboxylic acid groups (broad SMARTS) is 1. The van der Waals surface area contributed by atoms with Crippen LogP contribution in [0.3, 0.4) is 0 Å². The summed E-state index contributed by atoms with van der Waals surface area (Å²) < 4.78 is 11.7. The standard InChI is InChI=1S/C15H11BrN2O.C8H6BrClO.C8H7BrO2.C7H6N2.Cl2OS/c1-10-5-6-12(8-14(10)16)15(19)18-13-4-2-3-11(7-13)9-17;2*1-5-2-3-6(8(10)11)4-7(5)9;8-5-6-2-1-3-7(9)4-6;1-4(2)3/h2-8H,1H3,(H,18,19);2-4H,1H3;2-4H,1H3,(H,10,11);1-4H,9H2;. The predicted molar refractivity (Wildman–Crippen MR) is 228 cm³/mol. The number of hydrogen-bond acceptors (Lipinski definition) is 7. The molecule has 1 amide bonds. The van der Waals surface area contributed by atoms with Gasteiger partial charge in [0.2, 0.25) is 9.23 Å². The lowest BCUT2D eigenvalue weighted by atomic mass is 10.1. The summed E-state index contributed by atoms with van der Waals surface area (Å²) in [5.74, 6) is -1.10. The molecule has 0 aromatic heterocycles. The first-order valence-electron chi connectivity index (χ1n) is 14.9. The number of aryl methyl sites for hydroxylation is 3. The van der Waals surface area contributed by atoms with Crippen LogP contribution in [0.2, 0.25) is 0 Å². The second-order valence-electron chi connectivity index (χ2n) is 10.5. The molecule has 0 saturated heterocycles. The summed E-state index contributed by atoms with van der Waals surface area (Å²) >= 11 is 15.2. The number of benzene rings is 5. The fourth-order valence-electron chi connectivity index (χ4n) is 3.65. The third-order valence-corrected chi connectivity index (χ3v) is 9.30. The molecule has 0 heterocycles. The van der Waals surface area contributed by atoms with Gasteiger partial charge >= 0.3 is 5.97 Å². The van der Waals surface area contributed by atoms with Gasteiger partial charge in [-0.25, -0.2) is 9.00 Å². The Kier molecular flexibility index (Phi) is 22.3. The minimum absolute atomic E-state index is 0.198. The molecule has 0 fully saturated rings. The molecule has 0 aliphatic rings. The highest BCUT2D eigenvalue weighted by Gasteiger charge is 2.08. The van der Waals surface area contributed by atoms with Crippen molar-refractivity contribution in [2.75, 3.05) is 11.1 Å². The van der Waals surface area contributed by atoms with Crippen molar-refractivity contribution in [3.8, 4) is 12.1 Å². The van der Waals surface area contributed by atoms with Crippen molar-refractivity contribution in [3.05, 3.63) is 161 Å². The highest BCUT2D eigenvalue weighted by molar-refractivity contribution is 9.11. The second kappa shape index (κ2) is 25.1. The molecule has 0 unspecified atom stereocenters. The number of anilines is 2. The van der Waals surface area contributed by atoms with E-state index in [1.165, 1.54) is 0 Å². The summed E-state index contributed by atoms with van der Waals surface area (Å²) in [5, 5.41) is 28.1. The molecule has 0 spiro atoms. The molecule has 0 saturated carbocycles. The van der Waals surface area contributed by atoms with Crippen molar-refractivity contribution in [1.82, 2.24) is 0 Å². The van der Waals surface area contributed by atoms with Gasteiger partial charge in [-0.05, 0) is 122 Å². The summed E-state index contributed by atoms with van der Waals surface area (Å²) in [6.45, 7) is 5.82. The van der Waals surface area contributed by atoms with Crippen molar-refractivity contribution in [2.24, 2.45) is 0 Å². The van der Waals surface area contributed by atoms with Gasteiger partial charge in [-0.3, -0.25) is 9.59 Å². The monoisotopic (exact) mass is 996 g/mol. The highest BCUT2D eigenvalue weighted by atomic mass is 79.9. The van der Waals surface area contributed by atoms with Crippen LogP contribution in [0.15, 0.2) is 117 Å². The highest BCUT2D eigenvalue weighted by Crippen LogP contribution is 2.20. The van der Waals surface area contributed by atoms with Crippen LogP contribution in [0.25, 0.3) is 0 Å². The largest absolute Gasteiger partial charge is 0.478 e. The first-order chi connectivity index (χ1) is 25.4. The number of nitrogens with zero attached hydrogens (tertiary/aromatic N) is 2. The van der Waals surface area contributed by atoms with Gasteiger partial charge in [-0.2, -0.15) is 10.5 Å². The maximum Gasteiger partial charge on any atom is 0.335 e. The first kappa shape index (κ1) is 48.0. The topological polar surface area (TPSA) is 174 Å². The summed E-state index contributed by atoms with van der Waals surface area (Å²) in [6.07, 6.45) is 0. The molecular weight excluding hydrogens is 971 g/mol. The van der Waals surface area contributed by atoms with Crippen molar-refractivity contribution in [3.63, 3.8) is 0 Å². The molecule has 280 valence electrons. The molecule has 5 aromatic rings. The van der Waals surface area contributed by atoms with E-state index in [0.29, 0.717) is 39.2 Å². The third-order valence-electron chi connectivity index (χ3n) is 6.52. The van der Waals surface area contributed by atoms with E-state index >= 15 is 0 Å². The lowest BCUT2D eigenvalue weighted by Gasteiger charge is -2.06. The zero-order valence-corrected chi connectivity index (χ0v) is 36.4. The smallest absolute Gasteiger partial charge is 0.335 e. The van der Waals surface area contributed by atoms with Gasteiger partial charge in [0.25, 0.3) is 11.1 Å². The molecule has 0 aliphatic carbocycles. The van der Waals surface area contributed by atoms with Crippen LogP contribution >= 0.6 is 80.8 Å². The number of rotatable bonds is 4. The average molecular weight is 1000 g/mol. The van der Waals surface area contributed by atoms with Crippen LogP contribution in [0.4, 0.5) is 11.4 Å². The molecule has 0 radical (unpaired) electrons. The Morgan fingerprint density at radius 3 is 1.50 bits per heavy atom. The number of nitrogens with one attached hydrogen (secondary N) is 1. The molecule has 0 aliphatic heterocycles. The first-order valence-corrected chi connectivity index (χ1v) is 20.5. The van der Waals surface area contributed by atoms with E-state index in [1.54, 1.807) is 91.0 Å². The predicted octanol–water partition coefficient (Wildman–Crippen LogP) is 11.7. The maximum absolute atomic E-state index is 12.1. The number of nitriles is 2. The normalized spacial score (nSPS) is 9.41. The van der Waals surface area contributed by atoms with Crippen LogP contribution in [-0.4, -0.2) is 26.4 Å².